The Morgan fingerprint density at radius 2 is 2.42 bits per heavy atom. The topological polar surface area (TPSA) is 88.0 Å². The van der Waals surface area contributed by atoms with E-state index in [1.807, 2.05) is 0 Å². The lowest BCUT2D eigenvalue weighted by Gasteiger charge is -2.26. The van der Waals surface area contributed by atoms with E-state index >= 15 is 0 Å². The molecular weight excluding hydrogens is 266 g/mol. The van der Waals surface area contributed by atoms with E-state index in [-0.39, 0.29) is 11.6 Å². The van der Waals surface area contributed by atoms with E-state index in [9.17, 15) is 14.9 Å². The molecule has 6 nitrogen and oxygen atoms in total. The van der Waals surface area contributed by atoms with Crippen LogP contribution in [-0.4, -0.2) is 16.2 Å². The highest BCUT2D eigenvalue weighted by molar-refractivity contribution is 8.02. The molecule has 0 bridgehead atoms. The van der Waals surface area contributed by atoms with Crippen molar-refractivity contribution in [1.82, 2.24) is 10.3 Å². The maximum atomic E-state index is 11.3. The first-order valence-electron chi connectivity index (χ1n) is 5.98. The number of hydrogen-bond donors (Lipinski definition) is 2. The van der Waals surface area contributed by atoms with Gasteiger partial charge in [0, 0.05) is 11.8 Å². The lowest BCUT2D eigenvalue weighted by molar-refractivity contribution is -0.403. The van der Waals surface area contributed by atoms with E-state index in [0.717, 1.165) is 36.7 Å². The minimum Gasteiger partial charge on any atom is -0.368 e. The van der Waals surface area contributed by atoms with Gasteiger partial charge in [-0.15, -0.1) is 11.8 Å². The second-order valence-corrected chi connectivity index (χ2v) is 5.18. The van der Waals surface area contributed by atoms with Crippen molar-refractivity contribution in [3.05, 3.63) is 55.1 Å². The Morgan fingerprint density at radius 1 is 1.63 bits per heavy atom. The van der Waals surface area contributed by atoms with Gasteiger partial charge in [-0.2, -0.15) is 0 Å². The van der Waals surface area contributed by atoms with E-state index in [1.165, 1.54) is 17.8 Å². The zero-order valence-electron chi connectivity index (χ0n) is 10.5. The van der Waals surface area contributed by atoms with Crippen LogP contribution in [0.5, 0.6) is 0 Å². The average Bonchev–Trinajstić information content (AvgIpc) is 2.37. The number of aryl methyl sites for hydroxylation is 1. The van der Waals surface area contributed by atoms with Gasteiger partial charge in [0.1, 0.15) is 5.03 Å². The lowest BCUT2D eigenvalue weighted by atomic mass is 9.91. The molecule has 102 valence electrons. The van der Waals surface area contributed by atoms with Crippen molar-refractivity contribution in [3.63, 3.8) is 0 Å². The molecule has 19 heavy (non-hydrogen) atoms. The smallest absolute Gasteiger partial charge is 0.263 e. The fourth-order valence-electron chi connectivity index (χ4n) is 2.27. The quantitative estimate of drug-likeness (QED) is 0.648. The third-order valence-electron chi connectivity index (χ3n) is 3.09. The highest BCUT2D eigenvalue weighted by Crippen LogP contribution is 2.29. The molecule has 0 saturated heterocycles. The average molecular weight is 281 g/mol. The molecule has 1 aromatic heterocycles. The zero-order chi connectivity index (χ0) is 13.8. The summed E-state index contributed by atoms with van der Waals surface area (Å²) in [7, 11) is 0. The van der Waals surface area contributed by atoms with Crippen LogP contribution in [0.3, 0.4) is 0 Å². The highest BCUT2D eigenvalue weighted by atomic mass is 32.2. The monoisotopic (exact) mass is 281 g/mol. The van der Waals surface area contributed by atoms with Crippen molar-refractivity contribution in [1.29, 1.82) is 0 Å². The molecule has 2 N–H and O–H groups in total. The first-order chi connectivity index (χ1) is 9.10. The fourth-order valence-corrected chi connectivity index (χ4v) is 2.72. The first kappa shape index (κ1) is 13.7. The summed E-state index contributed by atoms with van der Waals surface area (Å²) in [5.41, 5.74) is 1.84. The van der Waals surface area contributed by atoms with Crippen molar-refractivity contribution >= 4 is 11.8 Å². The number of rotatable bonds is 4. The van der Waals surface area contributed by atoms with Crippen molar-refractivity contribution in [2.24, 2.45) is 0 Å². The SMILES string of the molecule is CS/C(=C\[N+](=O)[O-])NC1CCCc2[nH]c(=O)ccc21. The summed E-state index contributed by atoms with van der Waals surface area (Å²) in [6, 6.07) is 3.31. The van der Waals surface area contributed by atoms with Gasteiger partial charge < -0.3 is 10.3 Å². The van der Waals surface area contributed by atoms with Gasteiger partial charge in [-0.1, -0.05) is 0 Å². The van der Waals surface area contributed by atoms with Crippen LogP contribution in [0.4, 0.5) is 0 Å². The second-order valence-electron chi connectivity index (χ2n) is 4.33. The van der Waals surface area contributed by atoms with Crippen LogP contribution in [-0.2, 0) is 6.42 Å². The molecule has 0 saturated carbocycles. The van der Waals surface area contributed by atoms with Crippen LogP contribution in [0.15, 0.2) is 28.2 Å². The molecule has 0 aliphatic heterocycles. The molecule has 0 amide bonds. The normalized spacial score (nSPS) is 18.8. The van der Waals surface area contributed by atoms with Crippen molar-refractivity contribution in [2.75, 3.05) is 6.26 Å². The van der Waals surface area contributed by atoms with Gasteiger partial charge in [0.25, 0.3) is 6.20 Å². The van der Waals surface area contributed by atoms with Gasteiger partial charge in [-0.25, -0.2) is 0 Å². The summed E-state index contributed by atoms with van der Waals surface area (Å²) >= 11 is 1.31. The molecule has 1 aromatic rings. The Balaban J connectivity index is 2.24. The number of nitrogens with one attached hydrogen (secondary N) is 2. The summed E-state index contributed by atoms with van der Waals surface area (Å²) in [6.45, 7) is 0. The fraction of sp³-hybridized carbons (Fsp3) is 0.417. The molecule has 1 aliphatic carbocycles. The van der Waals surface area contributed by atoms with Gasteiger partial charge in [0.05, 0.1) is 11.0 Å². The molecule has 0 aromatic carbocycles. The number of nitro groups is 1. The Kier molecular flexibility index (Phi) is 4.26. The largest absolute Gasteiger partial charge is 0.368 e. The summed E-state index contributed by atoms with van der Waals surface area (Å²) in [5, 5.41) is 14.2. The van der Waals surface area contributed by atoms with Crippen LogP contribution in [0, 0.1) is 10.1 Å². The molecule has 1 aliphatic rings. The van der Waals surface area contributed by atoms with Crippen LogP contribution < -0.4 is 10.9 Å². The molecule has 2 rings (SSSR count). The Bertz CT molecular complexity index is 568. The number of thioether (sulfide) groups is 1. The van der Waals surface area contributed by atoms with Gasteiger partial charge in [0.2, 0.25) is 5.56 Å². The Labute approximate surface area is 114 Å². The molecule has 0 spiro atoms. The molecule has 1 heterocycles. The lowest BCUT2D eigenvalue weighted by Crippen LogP contribution is -2.26. The summed E-state index contributed by atoms with van der Waals surface area (Å²) in [6.07, 6.45) is 5.46. The predicted molar refractivity (Wildman–Crippen MR) is 74.5 cm³/mol. The number of aromatic nitrogens is 1. The number of nitrogens with zero attached hydrogens (tertiary/aromatic N) is 1. The predicted octanol–water partition coefficient (Wildman–Crippen LogP) is 1.78. The van der Waals surface area contributed by atoms with Gasteiger partial charge in [0.15, 0.2) is 0 Å². The Morgan fingerprint density at radius 3 is 3.11 bits per heavy atom. The molecule has 1 atom stereocenters. The van der Waals surface area contributed by atoms with Crippen LogP contribution in [0.1, 0.15) is 30.1 Å². The zero-order valence-corrected chi connectivity index (χ0v) is 11.3. The minimum absolute atomic E-state index is 0.0132. The van der Waals surface area contributed by atoms with E-state index in [1.54, 1.807) is 12.3 Å². The number of fused-ring (bicyclic) bond motifs is 1. The van der Waals surface area contributed by atoms with Crippen LogP contribution in [0.2, 0.25) is 0 Å². The molecule has 0 radical (unpaired) electrons. The van der Waals surface area contributed by atoms with E-state index < -0.39 is 4.92 Å². The standard InChI is InChI=1S/C12H15N3O3S/c1-19-12(7-15(17)18)14-10-4-2-3-9-8(10)5-6-11(16)13-9/h5-7,10,14H,2-4H2,1H3,(H,13,16)/b12-7-. The van der Waals surface area contributed by atoms with Crippen molar-refractivity contribution in [2.45, 2.75) is 25.3 Å². The van der Waals surface area contributed by atoms with Gasteiger partial charge >= 0.3 is 0 Å². The highest BCUT2D eigenvalue weighted by Gasteiger charge is 2.21. The Hall–Kier alpha value is -1.76. The van der Waals surface area contributed by atoms with E-state index in [0.29, 0.717) is 5.03 Å². The third-order valence-corrected chi connectivity index (χ3v) is 3.75. The van der Waals surface area contributed by atoms with E-state index in [2.05, 4.69) is 10.3 Å². The molecule has 0 fully saturated rings. The van der Waals surface area contributed by atoms with Crippen LogP contribution in [0.25, 0.3) is 0 Å². The summed E-state index contributed by atoms with van der Waals surface area (Å²) in [4.78, 5) is 24.2. The van der Waals surface area contributed by atoms with Crippen LogP contribution >= 0.6 is 11.8 Å². The van der Waals surface area contributed by atoms with Crippen molar-refractivity contribution in [3.8, 4) is 0 Å². The number of aromatic amines is 1. The molecule has 1 unspecified atom stereocenters. The third kappa shape index (κ3) is 3.37. The second kappa shape index (κ2) is 5.92. The summed E-state index contributed by atoms with van der Waals surface area (Å²) < 4.78 is 0. The number of H-pyrrole nitrogens is 1. The first-order valence-corrected chi connectivity index (χ1v) is 7.20. The van der Waals surface area contributed by atoms with E-state index in [4.69, 9.17) is 0 Å². The minimum atomic E-state index is -0.463. The molecular formula is C12H15N3O3S. The molecule has 7 heteroatoms. The van der Waals surface area contributed by atoms with Gasteiger partial charge in [-0.05, 0) is 37.1 Å². The number of hydrogen-bond acceptors (Lipinski definition) is 5. The summed E-state index contributed by atoms with van der Waals surface area (Å²) in [5.74, 6) is 0. The van der Waals surface area contributed by atoms with Crippen molar-refractivity contribution < 1.29 is 4.92 Å². The maximum absolute atomic E-state index is 11.3. The number of pyridine rings is 1. The van der Waals surface area contributed by atoms with Gasteiger partial charge in [-0.3, -0.25) is 14.9 Å². The maximum Gasteiger partial charge on any atom is 0.263 e.